The highest BCUT2D eigenvalue weighted by Gasteiger charge is 2.33. The van der Waals surface area contributed by atoms with Crippen LogP contribution in [0, 0.1) is 0 Å². The number of aryl methyl sites for hydroxylation is 1. The SMILES string of the molecule is COc1cccc([C@H]2CC(=O)Oc3c2c(=O)n(C)c2ccccc32)c1. The van der Waals surface area contributed by atoms with Gasteiger partial charge in [-0.1, -0.05) is 24.3 Å². The second kappa shape index (κ2) is 5.77. The number of esters is 1. The van der Waals surface area contributed by atoms with E-state index in [9.17, 15) is 9.59 Å². The van der Waals surface area contributed by atoms with Gasteiger partial charge < -0.3 is 14.0 Å². The number of ether oxygens (including phenoxy) is 2. The third-order valence-corrected chi connectivity index (χ3v) is 4.72. The van der Waals surface area contributed by atoms with Gasteiger partial charge in [0.25, 0.3) is 5.56 Å². The van der Waals surface area contributed by atoms with Gasteiger partial charge in [-0.05, 0) is 29.8 Å². The second-order valence-corrected chi connectivity index (χ2v) is 6.13. The zero-order chi connectivity index (χ0) is 17.6. The zero-order valence-corrected chi connectivity index (χ0v) is 14.0. The molecule has 1 aromatic heterocycles. The molecular formula is C20H17NO4. The van der Waals surface area contributed by atoms with Crippen LogP contribution >= 0.6 is 0 Å². The maximum atomic E-state index is 13.0. The number of aromatic nitrogens is 1. The minimum Gasteiger partial charge on any atom is -0.497 e. The first-order valence-electron chi connectivity index (χ1n) is 8.06. The molecule has 0 bridgehead atoms. The molecule has 2 aromatic carbocycles. The maximum Gasteiger partial charge on any atom is 0.312 e. The van der Waals surface area contributed by atoms with Gasteiger partial charge in [0.05, 0.1) is 24.6 Å². The fourth-order valence-electron chi connectivity index (χ4n) is 3.47. The number of para-hydroxylation sites is 1. The highest BCUT2D eigenvalue weighted by molar-refractivity contribution is 5.91. The van der Waals surface area contributed by atoms with Crippen LogP contribution in [-0.2, 0) is 11.8 Å². The predicted octanol–water partition coefficient (Wildman–Crippen LogP) is 2.99. The van der Waals surface area contributed by atoms with Crippen LogP contribution < -0.4 is 15.0 Å². The van der Waals surface area contributed by atoms with Crippen molar-refractivity contribution < 1.29 is 14.3 Å². The lowest BCUT2D eigenvalue weighted by Crippen LogP contribution is -2.31. The molecule has 0 radical (unpaired) electrons. The lowest BCUT2D eigenvalue weighted by Gasteiger charge is -2.26. The Kier molecular flexibility index (Phi) is 3.57. The van der Waals surface area contributed by atoms with Crippen LogP contribution in [0.1, 0.15) is 23.5 Å². The number of carbonyl (C=O) groups excluding carboxylic acids is 1. The number of carbonyl (C=O) groups is 1. The molecule has 1 aliphatic rings. The van der Waals surface area contributed by atoms with Gasteiger partial charge in [0.2, 0.25) is 0 Å². The van der Waals surface area contributed by atoms with Crippen LogP contribution in [0.5, 0.6) is 11.5 Å². The Labute approximate surface area is 144 Å². The smallest absolute Gasteiger partial charge is 0.312 e. The van der Waals surface area contributed by atoms with E-state index in [1.807, 2.05) is 48.5 Å². The molecule has 5 nitrogen and oxygen atoms in total. The van der Waals surface area contributed by atoms with Crippen molar-refractivity contribution in [3.8, 4) is 11.5 Å². The standard InChI is InChI=1S/C20H17NO4/c1-21-16-9-4-3-8-14(16)19-18(20(21)23)15(11-17(22)25-19)12-6-5-7-13(10-12)24-2/h3-10,15H,11H2,1-2H3/t15-/m1/s1. The first-order chi connectivity index (χ1) is 12.1. The molecule has 0 aliphatic carbocycles. The van der Waals surface area contributed by atoms with Crippen molar-refractivity contribution in [2.45, 2.75) is 12.3 Å². The van der Waals surface area contributed by atoms with E-state index >= 15 is 0 Å². The molecule has 5 heteroatoms. The summed E-state index contributed by atoms with van der Waals surface area (Å²) >= 11 is 0. The van der Waals surface area contributed by atoms with Crippen molar-refractivity contribution in [1.82, 2.24) is 4.57 Å². The van der Waals surface area contributed by atoms with E-state index in [0.29, 0.717) is 17.1 Å². The average molecular weight is 335 g/mol. The summed E-state index contributed by atoms with van der Waals surface area (Å²) in [6.07, 6.45) is 0.133. The average Bonchev–Trinajstić information content (AvgIpc) is 2.65. The predicted molar refractivity (Wildman–Crippen MR) is 94.3 cm³/mol. The zero-order valence-electron chi connectivity index (χ0n) is 14.0. The summed E-state index contributed by atoms with van der Waals surface area (Å²) in [6.45, 7) is 0. The first-order valence-corrected chi connectivity index (χ1v) is 8.06. The number of pyridine rings is 1. The van der Waals surface area contributed by atoms with E-state index in [1.165, 1.54) is 0 Å². The molecule has 0 fully saturated rings. The van der Waals surface area contributed by atoms with Gasteiger partial charge in [-0.15, -0.1) is 0 Å². The lowest BCUT2D eigenvalue weighted by atomic mass is 9.86. The van der Waals surface area contributed by atoms with Gasteiger partial charge >= 0.3 is 5.97 Å². The van der Waals surface area contributed by atoms with E-state index in [2.05, 4.69) is 0 Å². The normalized spacial score (nSPS) is 16.4. The molecule has 0 unspecified atom stereocenters. The van der Waals surface area contributed by atoms with Gasteiger partial charge in [0, 0.05) is 18.4 Å². The highest BCUT2D eigenvalue weighted by atomic mass is 16.5. The summed E-state index contributed by atoms with van der Waals surface area (Å²) in [5.41, 5.74) is 1.98. The molecule has 0 saturated carbocycles. The van der Waals surface area contributed by atoms with E-state index < -0.39 is 0 Å². The Bertz CT molecular complexity index is 1050. The first kappa shape index (κ1) is 15.4. The number of nitrogens with zero attached hydrogens (tertiary/aromatic N) is 1. The van der Waals surface area contributed by atoms with E-state index in [-0.39, 0.29) is 23.9 Å². The molecule has 0 spiro atoms. The fourth-order valence-corrected chi connectivity index (χ4v) is 3.47. The van der Waals surface area contributed by atoms with Crippen molar-refractivity contribution in [3.05, 3.63) is 70.0 Å². The summed E-state index contributed by atoms with van der Waals surface area (Å²) in [5, 5.41) is 0.764. The number of hydrogen-bond donors (Lipinski definition) is 0. The van der Waals surface area contributed by atoms with Crippen molar-refractivity contribution in [3.63, 3.8) is 0 Å². The summed E-state index contributed by atoms with van der Waals surface area (Å²) < 4.78 is 12.4. The summed E-state index contributed by atoms with van der Waals surface area (Å²) in [4.78, 5) is 25.3. The largest absolute Gasteiger partial charge is 0.497 e. The summed E-state index contributed by atoms with van der Waals surface area (Å²) in [5.74, 6) is 0.381. The molecular weight excluding hydrogens is 318 g/mol. The molecule has 25 heavy (non-hydrogen) atoms. The van der Waals surface area contributed by atoms with Crippen LogP contribution in [0.2, 0.25) is 0 Å². The van der Waals surface area contributed by atoms with Crippen molar-refractivity contribution in [1.29, 1.82) is 0 Å². The number of methoxy groups -OCH3 is 1. The van der Waals surface area contributed by atoms with Crippen molar-refractivity contribution >= 4 is 16.9 Å². The number of hydrogen-bond acceptors (Lipinski definition) is 4. The summed E-state index contributed by atoms with van der Waals surface area (Å²) in [7, 11) is 3.33. The number of benzene rings is 2. The quantitative estimate of drug-likeness (QED) is 0.676. The van der Waals surface area contributed by atoms with Gasteiger partial charge in [-0.3, -0.25) is 9.59 Å². The van der Waals surface area contributed by atoms with Crippen molar-refractivity contribution in [2.24, 2.45) is 7.05 Å². The van der Waals surface area contributed by atoms with E-state index in [4.69, 9.17) is 9.47 Å². The van der Waals surface area contributed by atoms with Crippen LogP contribution in [0.15, 0.2) is 53.3 Å². The molecule has 126 valence electrons. The Hall–Kier alpha value is -3.08. The molecule has 1 atom stereocenters. The number of rotatable bonds is 2. The Morgan fingerprint density at radius 1 is 1.12 bits per heavy atom. The number of fused-ring (bicyclic) bond motifs is 3. The van der Waals surface area contributed by atoms with Crippen LogP contribution in [-0.4, -0.2) is 17.6 Å². The Morgan fingerprint density at radius 2 is 1.92 bits per heavy atom. The molecule has 0 amide bonds. The van der Waals surface area contributed by atoms with Gasteiger partial charge in [-0.2, -0.15) is 0 Å². The highest BCUT2D eigenvalue weighted by Crippen LogP contribution is 2.40. The van der Waals surface area contributed by atoms with Crippen LogP contribution in [0.25, 0.3) is 10.9 Å². The Balaban J connectivity index is 2.03. The monoisotopic (exact) mass is 335 g/mol. The second-order valence-electron chi connectivity index (χ2n) is 6.13. The Morgan fingerprint density at radius 3 is 2.72 bits per heavy atom. The molecule has 3 aromatic rings. The van der Waals surface area contributed by atoms with Gasteiger partial charge in [0.1, 0.15) is 11.5 Å². The minimum absolute atomic E-state index is 0.133. The van der Waals surface area contributed by atoms with Crippen LogP contribution in [0.3, 0.4) is 0 Å². The van der Waals surface area contributed by atoms with E-state index in [1.54, 1.807) is 18.7 Å². The molecule has 4 rings (SSSR count). The third-order valence-electron chi connectivity index (χ3n) is 4.72. The topological polar surface area (TPSA) is 57.5 Å². The van der Waals surface area contributed by atoms with Crippen molar-refractivity contribution in [2.75, 3.05) is 7.11 Å². The fraction of sp³-hybridized carbons (Fsp3) is 0.200. The van der Waals surface area contributed by atoms with Gasteiger partial charge in [0.15, 0.2) is 0 Å². The molecule has 2 heterocycles. The molecule has 1 aliphatic heterocycles. The molecule has 0 N–H and O–H groups in total. The van der Waals surface area contributed by atoms with E-state index in [0.717, 1.165) is 16.5 Å². The van der Waals surface area contributed by atoms with Crippen LogP contribution in [0.4, 0.5) is 0 Å². The lowest BCUT2D eigenvalue weighted by molar-refractivity contribution is -0.135. The van der Waals surface area contributed by atoms with Gasteiger partial charge in [-0.25, -0.2) is 0 Å². The minimum atomic E-state index is -0.352. The maximum absolute atomic E-state index is 13.0. The molecule has 0 saturated heterocycles. The third kappa shape index (κ3) is 2.39. The summed E-state index contributed by atoms with van der Waals surface area (Å²) in [6, 6.07) is 14.9.